The average Bonchev–Trinajstić information content (AvgIpc) is 2.81. The fourth-order valence-electron chi connectivity index (χ4n) is 2.41. The molecule has 23 heavy (non-hydrogen) atoms. The summed E-state index contributed by atoms with van der Waals surface area (Å²) in [5.74, 6) is 0.294. The summed E-state index contributed by atoms with van der Waals surface area (Å²) in [6.07, 6.45) is 1.76. The number of nitrogens with one attached hydrogen (secondary N) is 1. The van der Waals surface area contributed by atoms with Gasteiger partial charge in [0.25, 0.3) is 5.91 Å². The number of amides is 1. The van der Waals surface area contributed by atoms with Crippen molar-refractivity contribution in [1.29, 1.82) is 0 Å². The number of aromatic nitrogens is 2. The van der Waals surface area contributed by atoms with Gasteiger partial charge in [-0.15, -0.1) is 0 Å². The highest BCUT2D eigenvalue weighted by atomic mass is 35.5. The highest BCUT2D eigenvalue weighted by Gasteiger charge is 2.19. The van der Waals surface area contributed by atoms with Gasteiger partial charge in [0, 0.05) is 21.9 Å². The number of ether oxygens (including phenoxy) is 1. The lowest BCUT2D eigenvalue weighted by Gasteiger charge is -2.08. The van der Waals surface area contributed by atoms with Gasteiger partial charge in [-0.3, -0.25) is 9.20 Å². The summed E-state index contributed by atoms with van der Waals surface area (Å²) < 4.78 is 6.97. The minimum absolute atomic E-state index is 0.304. The lowest BCUT2D eigenvalue weighted by atomic mass is 10.3. The topological polar surface area (TPSA) is 55.6 Å². The third kappa shape index (κ3) is 2.98. The molecular weight excluding hydrogens is 337 g/mol. The second-order valence-electron chi connectivity index (χ2n) is 4.93. The zero-order valence-electron chi connectivity index (χ0n) is 12.4. The summed E-state index contributed by atoms with van der Waals surface area (Å²) in [5.41, 5.74) is 2.13. The van der Waals surface area contributed by atoms with Crippen LogP contribution in [0.1, 0.15) is 16.2 Å². The van der Waals surface area contributed by atoms with E-state index in [1.54, 1.807) is 55.0 Å². The Bertz CT molecular complexity index is 885. The number of fused-ring (bicyclic) bond motifs is 1. The van der Waals surface area contributed by atoms with Crippen LogP contribution in [-0.4, -0.2) is 22.4 Å². The number of carbonyl (C=O) groups is 1. The van der Waals surface area contributed by atoms with Gasteiger partial charge in [-0.2, -0.15) is 0 Å². The molecule has 3 aromatic rings. The van der Waals surface area contributed by atoms with Gasteiger partial charge in [0.1, 0.15) is 5.69 Å². The van der Waals surface area contributed by atoms with E-state index in [0.717, 1.165) is 0 Å². The monoisotopic (exact) mass is 349 g/mol. The number of nitrogens with zero attached hydrogens (tertiary/aromatic N) is 2. The number of anilines is 1. The standard InChI is InChI=1S/C16H13Cl2N3O2/c1-9-14(21-5-3-4-13(23-2)15(21)19-9)16(22)20-12-7-10(17)6-11(18)8-12/h3-8H,1-2H3,(H,20,22). The number of imidazole rings is 1. The maximum Gasteiger partial charge on any atom is 0.274 e. The molecule has 0 unspecified atom stereocenters. The van der Waals surface area contributed by atoms with Crippen molar-refractivity contribution in [2.24, 2.45) is 0 Å². The summed E-state index contributed by atoms with van der Waals surface area (Å²) in [6.45, 7) is 1.77. The predicted octanol–water partition coefficient (Wildman–Crippen LogP) is 4.21. The van der Waals surface area contributed by atoms with Crippen molar-refractivity contribution in [2.75, 3.05) is 12.4 Å². The van der Waals surface area contributed by atoms with E-state index >= 15 is 0 Å². The Kier molecular flexibility index (Phi) is 4.15. The Morgan fingerprint density at radius 3 is 2.61 bits per heavy atom. The highest BCUT2D eigenvalue weighted by Crippen LogP contribution is 2.25. The second kappa shape index (κ2) is 6.10. The lowest BCUT2D eigenvalue weighted by molar-refractivity contribution is 0.102. The molecule has 0 radical (unpaired) electrons. The van der Waals surface area contributed by atoms with Gasteiger partial charge in [-0.25, -0.2) is 4.98 Å². The van der Waals surface area contributed by atoms with Crippen LogP contribution in [0, 0.1) is 6.92 Å². The third-order valence-electron chi connectivity index (χ3n) is 3.34. The van der Waals surface area contributed by atoms with E-state index in [4.69, 9.17) is 27.9 Å². The molecule has 3 rings (SSSR count). The minimum atomic E-state index is -0.304. The summed E-state index contributed by atoms with van der Waals surface area (Å²) in [4.78, 5) is 17.0. The van der Waals surface area contributed by atoms with Crippen molar-refractivity contribution in [1.82, 2.24) is 9.38 Å². The summed E-state index contributed by atoms with van der Waals surface area (Å²) in [6, 6.07) is 8.44. The van der Waals surface area contributed by atoms with Crippen molar-refractivity contribution in [3.63, 3.8) is 0 Å². The van der Waals surface area contributed by atoms with Crippen molar-refractivity contribution in [3.05, 3.63) is 58.0 Å². The first-order chi connectivity index (χ1) is 11.0. The Labute approximate surface area is 142 Å². The highest BCUT2D eigenvalue weighted by molar-refractivity contribution is 6.35. The molecule has 1 amide bonds. The first kappa shape index (κ1) is 15.6. The molecule has 1 N–H and O–H groups in total. The molecule has 0 aliphatic carbocycles. The van der Waals surface area contributed by atoms with Gasteiger partial charge in [0.2, 0.25) is 0 Å². The van der Waals surface area contributed by atoms with Crippen LogP contribution in [-0.2, 0) is 0 Å². The molecule has 0 spiro atoms. The number of methoxy groups -OCH3 is 1. The molecule has 2 aromatic heterocycles. The lowest BCUT2D eigenvalue weighted by Crippen LogP contribution is -2.15. The van der Waals surface area contributed by atoms with E-state index in [-0.39, 0.29) is 5.91 Å². The summed E-state index contributed by atoms with van der Waals surface area (Å²) in [5, 5.41) is 3.68. The number of hydrogen-bond donors (Lipinski definition) is 1. The number of aryl methyl sites for hydroxylation is 1. The van der Waals surface area contributed by atoms with Crippen LogP contribution in [0.5, 0.6) is 5.75 Å². The molecule has 0 bridgehead atoms. The van der Waals surface area contributed by atoms with Gasteiger partial charge < -0.3 is 10.1 Å². The molecule has 0 saturated heterocycles. The van der Waals surface area contributed by atoms with Crippen LogP contribution in [0.15, 0.2) is 36.5 Å². The first-order valence-electron chi connectivity index (χ1n) is 6.78. The molecule has 0 atom stereocenters. The van der Waals surface area contributed by atoms with Crippen LogP contribution in [0.3, 0.4) is 0 Å². The fourth-order valence-corrected chi connectivity index (χ4v) is 2.93. The van der Waals surface area contributed by atoms with Crippen LogP contribution in [0.2, 0.25) is 10.0 Å². The number of carbonyl (C=O) groups excluding carboxylic acids is 1. The number of benzene rings is 1. The van der Waals surface area contributed by atoms with Crippen molar-refractivity contribution >= 4 is 40.4 Å². The van der Waals surface area contributed by atoms with Gasteiger partial charge in [-0.05, 0) is 37.3 Å². The zero-order chi connectivity index (χ0) is 16.6. The molecule has 0 aliphatic rings. The van der Waals surface area contributed by atoms with Crippen LogP contribution in [0.4, 0.5) is 5.69 Å². The van der Waals surface area contributed by atoms with Crippen LogP contribution in [0.25, 0.3) is 5.65 Å². The third-order valence-corrected chi connectivity index (χ3v) is 3.78. The SMILES string of the molecule is COc1cccn2c(C(=O)Nc3cc(Cl)cc(Cl)c3)c(C)nc12. The molecule has 0 saturated carbocycles. The number of pyridine rings is 1. The maximum absolute atomic E-state index is 12.6. The van der Waals surface area contributed by atoms with Gasteiger partial charge in [0.15, 0.2) is 11.4 Å². The van der Waals surface area contributed by atoms with Crippen molar-refractivity contribution in [3.8, 4) is 5.75 Å². The molecule has 0 aliphatic heterocycles. The van der Waals surface area contributed by atoms with E-state index in [1.165, 1.54) is 0 Å². The Balaban J connectivity index is 2.02. The maximum atomic E-state index is 12.6. The van der Waals surface area contributed by atoms with Gasteiger partial charge >= 0.3 is 0 Å². The van der Waals surface area contributed by atoms with E-state index in [2.05, 4.69) is 10.3 Å². The van der Waals surface area contributed by atoms with Crippen molar-refractivity contribution < 1.29 is 9.53 Å². The first-order valence-corrected chi connectivity index (χ1v) is 7.54. The van der Waals surface area contributed by atoms with E-state index < -0.39 is 0 Å². The van der Waals surface area contributed by atoms with E-state index in [1.807, 2.05) is 0 Å². The molecule has 0 fully saturated rings. The molecule has 7 heteroatoms. The van der Waals surface area contributed by atoms with E-state index in [0.29, 0.717) is 38.5 Å². The molecule has 5 nitrogen and oxygen atoms in total. The molecule has 118 valence electrons. The van der Waals surface area contributed by atoms with Crippen molar-refractivity contribution in [2.45, 2.75) is 6.92 Å². The quantitative estimate of drug-likeness (QED) is 0.770. The van der Waals surface area contributed by atoms with Crippen LogP contribution >= 0.6 is 23.2 Å². The molecular formula is C16H13Cl2N3O2. The Hall–Kier alpha value is -2.24. The predicted molar refractivity (Wildman–Crippen MR) is 90.9 cm³/mol. The molecule has 1 aromatic carbocycles. The normalized spacial score (nSPS) is 10.8. The zero-order valence-corrected chi connectivity index (χ0v) is 13.9. The van der Waals surface area contributed by atoms with Crippen LogP contribution < -0.4 is 10.1 Å². The largest absolute Gasteiger partial charge is 0.493 e. The average molecular weight is 350 g/mol. The fraction of sp³-hybridized carbons (Fsp3) is 0.125. The Morgan fingerprint density at radius 2 is 1.96 bits per heavy atom. The number of halogens is 2. The number of hydrogen-bond acceptors (Lipinski definition) is 3. The molecule has 2 heterocycles. The number of rotatable bonds is 3. The second-order valence-corrected chi connectivity index (χ2v) is 5.80. The van der Waals surface area contributed by atoms with Gasteiger partial charge in [-0.1, -0.05) is 23.2 Å². The van der Waals surface area contributed by atoms with Gasteiger partial charge in [0.05, 0.1) is 12.8 Å². The van der Waals surface area contributed by atoms with E-state index in [9.17, 15) is 4.79 Å². The summed E-state index contributed by atoms with van der Waals surface area (Å²) in [7, 11) is 1.56. The Morgan fingerprint density at radius 1 is 1.26 bits per heavy atom. The smallest absolute Gasteiger partial charge is 0.274 e. The minimum Gasteiger partial charge on any atom is -0.493 e. The summed E-state index contributed by atoms with van der Waals surface area (Å²) >= 11 is 11.9.